The van der Waals surface area contributed by atoms with Crippen LogP contribution in [0.4, 0.5) is 11.4 Å². The van der Waals surface area contributed by atoms with Crippen LogP contribution < -0.4 is 11.1 Å². The van der Waals surface area contributed by atoms with Crippen LogP contribution in [0.15, 0.2) is 18.2 Å². The van der Waals surface area contributed by atoms with Gasteiger partial charge in [0.1, 0.15) is 0 Å². The molecule has 106 valence electrons. The van der Waals surface area contributed by atoms with Crippen LogP contribution in [-0.2, 0) is 4.79 Å². The Morgan fingerprint density at radius 1 is 1.42 bits per heavy atom. The first-order valence-corrected chi connectivity index (χ1v) is 6.76. The van der Waals surface area contributed by atoms with E-state index >= 15 is 0 Å². The third-order valence-electron chi connectivity index (χ3n) is 3.32. The van der Waals surface area contributed by atoms with E-state index < -0.39 is 0 Å². The molecule has 1 aromatic rings. The molecule has 0 heterocycles. The van der Waals surface area contributed by atoms with E-state index in [1.165, 1.54) is 0 Å². The fourth-order valence-electron chi connectivity index (χ4n) is 1.79. The molecule has 0 aliphatic carbocycles. The largest absolute Gasteiger partial charge is 0.399 e. The van der Waals surface area contributed by atoms with Crippen molar-refractivity contribution < 1.29 is 4.79 Å². The molecule has 0 atom stereocenters. The van der Waals surface area contributed by atoms with Crippen molar-refractivity contribution in [3.05, 3.63) is 23.8 Å². The highest BCUT2D eigenvalue weighted by Crippen LogP contribution is 2.17. The second-order valence-corrected chi connectivity index (χ2v) is 5.30. The second kappa shape index (κ2) is 7.14. The van der Waals surface area contributed by atoms with Crippen molar-refractivity contribution in [2.45, 2.75) is 39.7 Å². The minimum atomic E-state index is 0.0602. The fraction of sp³-hybridized carbons (Fsp3) is 0.533. The van der Waals surface area contributed by atoms with Gasteiger partial charge in [-0.3, -0.25) is 4.79 Å². The minimum Gasteiger partial charge on any atom is -0.399 e. The van der Waals surface area contributed by atoms with Gasteiger partial charge in [0.25, 0.3) is 0 Å². The van der Waals surface area contributed by atoms with E-state index in [2.05, 4.69) is 31.1 Å². The smallest absolute Gasteiger partial charge is 0.224 e. The van der Waals surface area contributed by atoms with Crippen molar-refractivity contribution >= 4 is 17.3 Å². The first-order valence-electron chi connectivity index (χ1n) is 6.76. The third-order valence-corrected chi connectivity index (χ3v) is 3.32. The Morgan fingerprint density at radius 2 is 2.11 bits per heavy atom. The highest BCUT2D eigenvalue weighted by atomic mass is 16.1. The Kier molecular flexibility index (Phi) is 5.83. The molecule has 0 spiro atoms. The molecular formula is C15H25N3O. The standard InChI is InChI=1S/C15H25N3O/c1-11(2)18(4)9-5-6-15(19)17-14-8-7-13(16)10-12(14)3/h7-8,10-11H,5-6,9,16H2,1-4H3,(H,17,19). The summed E-state index contributed by atoms with van der Waals surface area (Å²) in [6.07, 6.45) is 1.41. The zero-order valence-electron chi connectivity index (χ0n) is 12.4. The van der Waals surface area contributed by atoms with Crippen LogP contribution in [0.25, 0.3) is 0 Å². The van der Waals surface area contributed by atoms with E-state index in [1.807, 2.05) is 19.1 Å². The van der Waals surface area contributed by atoms with Crippen LogP contribution in [0.2, 0.25) is 0 Å². The maximum absolute atomic E-state index is 11.8. The number of nitrogens with zero attached hydrogens (tertiary/aromatic N) is 1. The Labute approximate surface area is 116 Å². The van der Waals surface area contributed by atoms with Gasteiger partial charge in [-0.2, -0.15) is 0 Å². The van der Waals surface area contributed by atoms with Crippen LogP contribution in [0.5, 0.6) is 0 Å². The molecule has 0 aromatic heterocycles. The number of nitrogens with two attached hydrogens (primary N) is 1. The number of amides is 1. The summed E-state index contributed by atoms with van der Waals surface area (Å²) >= 11 is 0. The van der Waals surface area contributed by atoms with E-state index in [0.717, 1.165) is 24.2 Å². The molecule has 0 radical (unpaired) electrons. The quantitative estimate of drug-likeness (QED) is 0.776. The molecule has 1 aromatic carbocycles. The average molecular weight is 263 g/mol. The van der Waals surface area contributed by atoms with Gasteiger partial charge in [-0.1, -0.05) is 0 Å². The van der Waals surface area contributed by atoms with E-state index in [-0.39, 0.29) is 5.91 Å². The van der Waals surface area contributed by atoms with E-state index in [0.29, 0.717) is 18.2 Å². The lowest BCUT2D eigenvalue weighted by Gasteiger charge is -2.20. The summed E-state index contributed by atoms with van der Waals surface area (Å²) in [4.78, 5) is 14.1. The number of nitrogen functional groups attached to an aromatic ring is 1. The first kappa shape index (κ1) is 15.5. The molecule has 0 saturated heterocycles. The number of aryl methyl sites for hydroxylation is 1. The van der Waals surface area contributed by atoms with Gasteiger partial charge in [0.05, 0.1) is 0 Å². The molecular weight excluding hydrogens is 238 g/mol. The maximum atomic E-state index is 11.8. The lowest BCUT2D eigenvalue weighted by atomic mass is 10.1. The first-order chi connectivity index (χ1) is 8.90. The summed E-state index contributed by atoms with van der Waals surface area (Å²) in [5.41, 5.74) is 8.24. The molecule has 1 rings (SSSR count). The minimum absolute atomic E-state index is 0.0602. The normalized spacial score (nSPS) is 11.1. The van der Waals surface area contributed by atoms with Crippen LogP contribution in [0.3, 0.4) is 0 Å². The molecule has 4 heteroatoms. The zero-order valence-corrected chi connectivity index (χ0v) is 12.4. The monoisotopic (exact) mass is 263 g/mol. The average Bonchev–Trinajstić information content (AvgIpc) is 2.32. The van der Waals surface area contributed by atoms with Crippen LogP contribution in [0, 0.1) is 6.92 Å². The van der Waals surface area contributed by atoms with E-state index in [1.54, 1.807) is 6.07 Å². The second-order valence-electron chi connectivity index (χ2n) is 5.30. The van der Waals surface area contributed by atoms with E-state index in [4.69, 9.17) is 5.73 Å². The van der Waals surface area contributed by atoms with E-state index in [9.17, 15) is 4.79 Å². The number of benzene rings is 1. The van der Waals surface area contributed by atoms with Gasteiger partial charge >= 0.3 is 0 Å². The van der Waals surface area contributed by atoms with Gasteiger partial charge in [0.2, 0.25) is 5.91 Å². The molecule has 0 fully saturated rings. The predicted molar refractivity (Wildman–Crippen MR) is 81.2 cm³/mol. The molecule has 1 amide bonds. The molecule has 0 saturated carbocycles. The maximum Gasteiger partial charge on any atom is 0.224 e. The van der Waals surface area contributed by atoms with Gasteiger partial charge in [0, 0.05) is 23.8 Å². The number of nitrogens with one attached hydrogen (secondary N) is 1. The fourth-order valence-corrected chi connectivity index (χ4v) is 1.79. The summed E-state index contributed by atoms with van der Waals surface area (Å²) in [7, 11) is 2.08. The number of hydrogen-bond acceptors (Lipinski definition) is 3. The predicted octanol–water partition coefficient (Wildman–Crippen LogP) is 2.64. The zero-order chi connectivity index (χ0) is 14.4. The van der Waals surface area contributed by atoms with Crippen LogP contribution in [0.1, 0.15) is 32.3 Å². The summed E-state index contributed by atoms with van der Waals surface area (Å²) in [6.45, 7) is 7.18. The topological polar surface area (TPSA) is 58.4 Å². The van der Waals surface area contributed by atoms with Crippen molar-refractivity contribution in [1.29, 1.82) is 0 Å². The molecule has 0 unspecified atom stereocenters. The molecule has 0 aliphatic heterocycles. The summed E-state index contributed by atoms with van der Waals surface area (Å²) in [5.74, 6) is 0.0602. The van der Waals surface area contributed by atoms with Gasteiger partial charge in [-0.15, -0.1) is 0 Å². The van der Waals surface area contributed by atoms with Gasteiger partial charge in [-0.05, 0) is 64.5 Å². The Hall–Kier alpha value is -1.55. The Balaban J connectivity index is 2.39. The highest BCUT2D eigenvalue weighted by Gasteiger charge is 2.07. The van der Waals surface area contributed by atoms with Crippen molar-refractivity contribution in [2.24, 2.45) is 0 Å². The van der Waals surface area contributed by atoms with Gasteiger partial charge in [-0.25, -0.2) is 0 Å². The lowest BCUT2D eigenvalue weighted by molar-refractivity contribution is -0.116. The number of anilines is 2. The number of carbonyl (C=O) groups excluding carboxylic acids is 1. The molecule has 19 heavy (non-hydrogen) atoms. The Morgan fingerprint density at radius 3 is 2.68 bits per heavy atom. The van der Waals surface area contributed by atoms with Gasteiger partial charge < -0.3 is 16.0 Å². The summed E-state index contributed by atoms with van der Waals surface area (Å²) < 4.78 is 0. The van der Waals surface area contributed by atoms with Gasteiger partial charge in [0.15, 0.2) is 0 Å². The summed E-state index contributed by atoms with van der Waals surface area (Å²) in [6, 6.07) is 6.03. The van der Waals surface area contributed by atoms with Crippen LogP contribution >= 0.6 is 0 Å². The number of carbonyl (C=O) groups is 1. The molecule has 0 bridgehead atoms. The van der Waals surface area contributed by atoms with Crippen molar-refractivity contribution in [3.8, 4) is 0 Å². The molecule has 0 aliphatic rings. The number of rotatable bonds is 6. The third kappa shape index (κ3) is 5.30. The lowest BCUT2D eigenvalue weighted by Crippen LogP contribution is -2.28. The van der Waals surface area contributed by atoms with Crippen molar-refractivity contribution in [1.82, 2.24) is 4.90 Å². The Bertz CT molecular complexity index is 429. The SMILES string of the molecule is Cc1cc(N)ccc1NC(=O)CCCN(C)C(C)C. The van der Waals surface area contributed by atoms with Crippen molar-refractivity contribution in [3.63, 3.8) is 0 Å². The highest BCUT2D eigenvalue weighted by molar-refractivity contribution is 5.91. The molecule has 4 nitrogen and oxygen atoms in total. The molecule has 3 N–H and O–H groups in total. The summed E-state index contributed by atoms with van der Waals surface area (Å²) in [5, 5.41) is 2.93. The van der Waals surface area contributed by atoms with Crippen LogP contribution in [-0.4, -0.2) is 30.4 Å². The number of hydrogen-bond donors (Lipinski definition) is 2. The van der Waals surface area contributed by atoms with Crippen molar-refractivity contribution in [2.75, 3.05) is 24.6 Å².